The normalized spacial score (nSPS) is 10.7. The highest BCUT2D eigenvalue weighted by Crippen LogP contribution is 2.31. The topological polar surface area (TPSA) is 53.1 Å². The van der Waals surface area contributed by atoms with Gasteiger partial charge in [-0.3, -0.25) is 0 Å². The number of benzene rings is 1. The van der Waals surface area contributed by atoms with Crippen LogP contribution in [0.5, 0.6) is 5.75 Å². The van der Waals surface area contributed by atoms with E-state index in [-0.39, 0.29) is 0 Å². The highest BCUT2D eigenvalue weighted by Gasteiger charge is 2.16. The summed E-state index contributed by atoms with van der Waals surface area (Å²) in [6.45, 7) is 2.61. The average molecular weight is 245 g/mol. The summed E-state index contributed by atoms with van der Waals surface area (Å²) in [4.78, 5) is 4.64. The second-order valence-electron chi connectivity index (χ2n) is 4.25. The maximum absolute atomic E-state index is 5.68. The van der Waals surface area contributed by atoms with Gasteiger partial charge >= 0.3 is 0 Å². The van der Waals surface area contributed by atoms with Crippen LogP contribution in [0.3, 0.4) is 0 Å². The highest BCUT2D eigenvalue weighted by atomic mass is 16.5. The van der Waals surface area contributed by atoms with Crippen LogP contribution < -0.4 is 10.5 Å². The minimum Gasteiger partial charge on any atom is -0.496 e. The monoisotopic (exact) mass is 245 g/mol. The van der Waals surface area contributed by atoms with Gasteiger partial charge in [0.2, 0.25) is 0 Å². The van der Waals surface area contributed by atoms with Gasteiger partial charge < -0.3 is 15.0 Å². The van der Waals surface area contributed by atoms with Crippen molar-refractivity contribution in [1.82, 2.24) is 9.55 Å². The number of nitrogens with two attached hydrogens (primary N) is 1. The fourth-order valence-electron chi connectivity index (χ4n) is 2.13. The van der Waals surface area contributed by atoms with Crippen LogP contribution in [0.25, 0.3) is 11.3 Å². The summed E-state index contributed by atoms with van der Waals surface area (Å²) < 4.78 is 7.49. The molecule has 0 bridgehead atoms. The van der Waals surface area contributed by atoms with E-state index >= 15 is 0 Å². The molecule has 2 N–H and O–H groups in total. The Hall–Kier alpha value is -1.81. The maximum Gasteiger partial charge on any atom is 0.128 e. The van der Waals surface area contributed by atoms with E-state index in [0.717, 1.165) is 34.9 Å². The van der Waals surface area contributed by atoms with Crippen LogP contribution >= 0.6 is 0 Å². The van der Waals surface area contributed by atoms with E-state index < -0.39 is 0 Å². The Balaban J connectivity index is 2.59. The van der Waals surface area contributed by atoms with Crippen LogP contribution in [0, 0.1) is 6.92 Å². The summed E-state index contributed by atoms with van der Waals surface area (Å²) in [5, 5.41) is 0. The average Bonchev–Trinajstić information content (AvgIpc) is 2.67. The molecule has 0 radical (unpaired) electrons. The van der Waals surface area contributed by atoms with Crippen LogP contribution in [0.15, 0.2) is 24.3 Å². The van der Waals surface area contributed by atoms with Gasteiger partial charge in [-0.15, -0.1) is 0 Å². The van der Waals surface area contributed by atoms with Crippen molar-refractivity contribution in [1.29, 1.82) is 0 Å². The van der Waals surface area contributed by atoms with Crippen molar-refractivity contribution in [3.05, 3.63) is 35.8 Å². The third-order valence-corrected chi connectivity index (χ3v) is 3.18. The Bertz CT molecular complexity index is 546. The molecule has 0 fully saturated rings. The number of rotatable bonds is 4. The van der Waals surface area contributed by atoms with E-state index in [1.165, 1.54) is 0 Å². The second kappa shape index (κ2) is 5.23. The van der Waals surface area contributed by atoms with E-state index in [1.54, 1.807) is 7.11 Å². The van der Waals surface area contributed by atoms with Gasteiger partial charge in [-0.05, 0) is 25.6 Å². The third kappa shape index (κ3) is 2.11. The summed E-state index contributed by atoms with van der Waals surface area (Å²) in [5.41, 5.74) is 8.83. The molecule has 0 aliphatic heterocycles. The number of para-hydroxylation sites is 1. The van der Waals surface area contributed by atoms with E-state index in [2.05, 4.69) is 9.55 Å². The predicted octanol–water partition coefficient (Wildman–Crippen LogP) is 1.91. The zero-order valence-corrected chi connectivity index (χ0v) is 11.1. The summed E-state index contributed by atoms with van der Waals surface area (Å²) in [6, 6.07) is 7.93. The summed E-state index contributed by atoms with van der Waals surface area (Å²) in [5.74, 6) is 1.83. The van der Waals surface area contributed by atoms with Gasteiger partial charge in [-0.25, -0.2) is 4.98 Å². The molecule has 0 aliphatic rings. The molecule has 4 heteroatoms. The second-order valence-corrected chi connectivity index (χ2v) is 4.25. The first-order valence-corrected chi connectivity index (χ1v) is 6.04. The minimum atomic E-state index is 0.612. The molecule has 1 heterocycles. The van der Waals surface area contributed by atoms with Crippen molar-refractivity contribution in [3.63, 3.8) is 0 Å². The molecule has 18 heavy (non-hydrogen) atoms. The van der Waals surface area contributed by atoms with Gasteiger partial charge in [0.1, 0.15) is 11.6 Å². The third-order valence-electron chi connectivity index (χ3n) is 3.18. The van der Waals surface area contributed by atoms with Gasteiger partial charge in [0, 0.05) is 24.7 Å². The number of ether oxygens (including phenoxy) is 1. The molecule has 2 aromatic rings. The largest absolute Gasteiger partial charge is 0.496 e. The lowest BCUT2D eigenvalue weighted by Gasteiger charge is -2.09. The van der Waals surface area contributed by atoms with Crippen molar-refractivity contribution in [2.75, 3.05) is 13.7 Å². The van der Waals surface area contributed by atoms with E-state index in [9.17, 15) is 0 Å². The zero-order chi connectivity index (χ0) is 13.1. The number of nitrogens with zero attached hydrogens (tertiary/aromatic N) is 2. The van der Waals surface area contributed by atoms with Gasteiger partial charge in [0.15, 0.2) is 0 Å². The van der Waals surface area contributed by atoms with Crippen molar-refractivity contribution in [2.24, 2.45) is 12.8 Å². The lowest BCUT2D eigenvalue weighted by atomic mass is 10.1. The summed E-state index contributed by atoms with van der Waals surface area (Å²) in [6.07, 6.45) is 0.810. The van der Waals surface area contributed by atoms with E-state index in [1.807, 2.05) is 38.2 Å². The van der Waals surface area contributed by atoms with Crippen LogP contribution in [-0.2, 0) is 13.5 Å². The van der Waals surface area contributed by atoms with Gasteiger partial charge in [-0.1, -0.05) is 12.1 Å². The highest BCUT2D eigenvalue weighted by molar-refractivity contribution is 5.69. The lowest BCUT2D eigenvalue weighted by molar-refractivity contribution is 0.416. The Morgan fingerprint density at radius 2 is 2.06 bits per heavy atom. The number of hydrogen-bond acceptors (Lipinski definition) is 3. The van der Waals surface area contributed by atoms with Crippen molar-refractivity contribution in [3.8, 4) is 17.0 Å². The van der Waals surface area contributed by atoms with Gasteiger partial charge in [0.05, 0.1) is 12.8 Å². The first kappa shape index (κ1) is 12.6. The molecule has 1 aromatic heterocycles. The van der Waals surface area contributed by atoms with Crippen LogP contribution in [0.1, 0.15) is 11.5 Å². The smallest absolute Gasteiger partial charge is 0.128 e. The van der Waals surface area contributed by atoms with Crippen LogP contribution in [0.4, 0.5) is 0 Å². The first-order valence-electron chi connectivity index (χ1n) is 6.04. The Morgan fingerprint density at radius 3 is 2.72 bits per heavy atom. The van der Waals surface area contributed by atoms with Crippen molar-refractivity contribution in [2.45, 2.75) is 13.3 Å². The molecule has 0 saturated heterocycles. The molecule has 96 valence electrons. The minimum absolute atomic E-state index is 0.612. The zero-order valence-electron chi connectivity index (χ0n) is 11.1. The predicted molar refractivity (Wildman–Crippen MR) is 72.7 cm³/mol. The Kier molecular flexibility index (Phi) is 3.67. The molecular formula is C14H19N3O. The van der Waals surface area contributed by atoms with Crippen LogP contribution in [0.2, 0.25) is 0 Å². The van der Waals surface area contributed by atoms with Crippen molar-refractivity contribution >= 4 is 0 Å². The number of aryl methyl sites for hydroxylation is 1. The summed E-state index contributed by atoms with van der Waals surface area (Å²) in [7, 11) is 3.70. The number of aromatic nitrogens is 2. The molecule has 4 nitrogen and oxygen atoms in total. The molecule has 0 spiro atoms. The SMILES string of the molecule is COc1ccccc1-c1nc(C)n(C)c1CCN. The molecule has 0 atom stereocenters. The standard InChI is InChI=1S/C14H19N3O/c1-10-16-14(12(8-9-15)17(10)2)11-6-4-5-7-13(11)18-3/h4-7H,8-9,15H2,1-3H3. The fourth-order valence-corrected chi connectivity index (χ4v) is 2.13. The Morgan fingerprint density at radius 1 is 1.33 bits per heavy atom. The molecule has 2 rings (SSSR count). The van der Waals surface area contributed by atoms with Gasteiger partial charge in [-0.2, -0.15) is 0 Å². The first-order chi connectivity index (χ1) is 8.69. The summed E-state index contributed by atoms with van der Waals surface area (Å²) >= 11 is 0. The van der Waals surface area contributed by atoms with Crippen LogP contribution in [-0.4, -0.2) is 23.2 Å². The van der Waals surface area contributed by atoms with Gasteiger partial charge in [0.25, 0.3) is 0 Å². The Labute approximate surface area is 107 Å². The number of imidazole rings is 1. The van der Waals surface area contributed by atoms with Crippen molar-refractivity contribution < 1.29 is 4.74 Å². The lowest BCUT2D eigenvalue weighted by Crippen LogP contribution is -2.08. The molecule has 1 aromatic carbocycles. The fraction of sp³-hybridized carbons (Fsp3) is 0.357. The molecule has 0 saturated carbocycles. The maximum atomic E-state index is 5.68. The molecule has 0 unspecified atom stereocenters. The van der Waals surface area contributed by atoms with E-state index in [4.69, 9.17) is 10.5 Å². The number of methoxy groups -OCH3 is 1. The quantitative estimate of drug-likeness (QED) is 0.895. The number of hydrogen-bond donors (Lipinski definition) is 1. The molecular weight excluding hydrogens is 226 g/mol. The van der Waals surface area contributed by atoms with E-state index in [0.29, 0.717) is 6.54 Å². The molecule has 0 aliphatic carbocycles. The molecule has 0 amide bonds.